The number of hydrogen-bond acceptors (Lipinski definition) is 3. The molecular weight excluding hydrogens is 310 g/mol. The molecule has 6 heteroatoms. The smallest absolute Gasteiger partial charge is 0.240 e. The van der Waals surface area contributed by atoms with Crippen LogP contribution >= 0.6 is 15.9 Å². The van der Waals surface area contributed by atoms with Crippen molar-refractivity contribution in [2.75, 3.05) is 11.9 Å². The number of nitrogens with two attached hydrogens (primary N) is 1. The summed E-state index contributed by atoms with van der Waals surface area (Å²) in [4.78, 5) is 22.9. The zero-order valence-corrected chi connectivity index (χ0v) is 12.4. The Kier molecular flexibility index (Phi) is 6.35. The zero-order valence-electron chi connectivity index (χ0n) is 10.8. The third-order valence-corrected chi connectivity index (χ3v) is 3.02. The van der Waals surface area contributed by atoms with Crippen molar-refractivity contribution in [3.63, 3.8) is 0 Å². The summed E-state index contributed by atoms with van der Waals surface area (Å²) in [5, 5.41) is 5.68. The van der Waals surface area contributed by atoms with Gasteiger partial charge in [0.25, 0.3) is 0 Å². The Morgan fingerprint density at radius 1 is 1.32 bits per heavy atom. The standard InChI is InChI=1S/C13H18BrN3O2/c1-2-7-16-12(18)8-11(13(15)19)17-10-5-3-9(14)4-6-10/h3-6,11,17H,2,7-8H2,1H3,(H2,15,19)(H,16,18). The summed E-state index contributed by atoms with van der Waals surface area (Å²) in [6.07, 6.45) is 0.887. The van der Waals surface area contributed by atoms with Crippen molar-refractivity contribution in [3.05, 3.63) is 28.7 Å². The maximum absolute atomic E-state index is 11.6. The van der Waals surface area contributed by atoms with E-state index < -0.39 is 11.9 Å². The lowest BCUT2D eigenvalue weighted by molar-refractivity contribution is -0.125. The van der Waals surface area contributed by atoms with E-state index in [-0.39, 0.29) is 12.3 Å². The van der Waals surface area contributed by atoms with E-state index in [0.717, 1.165) is 16.6 Å². The zero-order chi connectivity index (χ0) is 14.3. The summed E-state index contributed by atoms with van der Waals surface area (Å²) >= 11 is 3.33. The number of benzene rings is 1. The number of anilines is 1. The van der Waals surface area contributed by atoms with Gasteiger partial charge < -0.3 is 16.4 Å². The summed E-state index contributed by atoms with van der Waals surface area (Å²) in [7, 11) is 0. The van der Waals surface area contributed by atoms with E-state index in [1.54, 1.807) is 0 Å². The van der Waals surface area contributed by atoms with Crippen LogP contribution in [0, 0.1) is 0 Å². The minimum Gasteiger partial charge on any atom is -0.373 e. The molecule has 4 N–H and O–H groups in total. The maximum atomic E-state index is 11.6. The molecule has 0 aliphatic carbocycles. The Morgan fingerprint density at radius 2 is 1.95 bits per heavy atom. The van der Waals surface area contributed by atoms with E-state index in [9.17, 15) is 9.59 Å². The molecule has 1 atom stereocenters. The van der Waals surface area contributed by atoms with Gasteiger partial charge in [0.1, 0.15) is 6.04 Å². The molecule has 0 bridgehead atoms. The van der Waals surface area contributed by atoms with Gasteiger partial charge in [0.2, 0.25) is 11.8 Å². The van der Waals surface area contributed by atoms with Crippen LogP contribution in [0.1, 0.15) is 19.8 Å². The first-order valence-corrected chi connectivity index (χ1v) is 6.90. The van der Waals surface area contributed by atoms with Crippen LogP contribution in [0.2, 0.25) is 0 Å². The lowest BCUT2D eigenvalue weighted by Crippen LogP contribution is -2.40. The SMILES string of the molecule is CCCNC(=O)CC(Nc1ccc(Br)cc1)C(N)=O. The Balaban J connectivity index is 2.60. The Bertz CT molecular complexity index is 434. The molecule has 1 unspecified atom stereocenters. The molecule has 104 valence electrons. The molecule has 0 aliphatic rings. The summed E-state index contributed by atoms with van der Waals surface area (Å²) in [5.74, 6) is -0.732. The molecule has 5 nitrogen and oxygen atoms in total. The number of hydrogen-bond donors (Lipinski definition) is 3. The molecule has 2 amide bonds. The fourth-order valence-electron chi connectivity index (χ4n) is 1.49. The van der Waals surface area contributed by atoms with E-state index in [4.69, 9.17) is 5.73 Å². The van der Waals surface area contributed by atoms with Crippen molar-refractivity contribution in [2.45, 2.75) is 25.8 Å². The van der Waals surface area contributed by atoms with Crippen molar-refractivity contribution >= 4 is 33.4 Å². The largest absolute Gasteiger partial charge is 0.373 e. The lowest BCUT2D eigenvalue weighted by Gasteiger charge is -2.16. The second-order valence-corrected chi connectivity index (χ2v) is 5.08. The summed E-state index contributed by atoms with van der Waals surface area (Å²) in [6.45, 7) is 2.56. The van der Waals surface area contributed by atoms with Gasteiger partial charge in [-0.25, -0.2) is 0 Å². The fraction of sp³-hybridized carbons (Fsp3) is 0.385. The molecule has 0 aliphatic heterocycles. The van der Waals surface area contributed by atoms with E-state index in [0.29, 0.717) is 6.54 Å². The molecular formula is C13H18BrN3O2. The molecule has 1 rings (SSSR count). The normalized spacial score (nSPS) is 11.7. The van der Waals surface area contributed by atoms with Crippen molar-refractivity contribution in [2.24, 2.45) is 5.73 Å². The molecule has 0 saturated carbocycles. The molecule has 0 aromatic heterocycles. The van der Waals surface area contributed by atoms with Crippen LogP contribution in [0.25, 0.3) is 0 Å². The van der Waals surface area contributed by atoms with Gasteiger partial charge in [0, 0.05) is 16.7 Å². The molecule has 0 radical (unpaired) electrons. The monoisotopic (exact) mass is 327 g/mol. The fourth-order valence-corrected chi connectivity index (χ4v) is 1.76. The molecule has 0 spiro atoms. The Labute approximate surface area is 121 Å². The van der Waals surface area contributed by atoms with E-state index in [2.05, 4.69) is 26.6 Å². The van der Waals surface area contributed by atoms with Gasteiger partial charge in [0.15, 0.2) is 0 Å². The van der Waals surface area contributed by atoms with Crippen LogP contribution in [0.3, 0.4) is 0 Å². The average molecular weight is 328 g/mol. The summed E-state index contributed by atoms with van der Waals surface area (Å²) in [5.41, 5.74) is 6.05. The molecule has 0 saturated heterocycles. The molecule has 19 heavy (non-hydrogen) atoms. The number of halogens is 1. The van der Waals surface area contributed by atoms with Gasteiger partial charge in [0.05, 0.1) is 6.42 Å². The van der Waals surface area contributed by atoms with Crippen LogP contribution in [0.15, 0.2) is 28.7 Å². The maximum Gasteiger partial charge on any atom is 0.240 e. The number of carbonyl (C=O) groups excluding carboxylic acids is 2. The topological polar surface area (TPSA) is 84.2 Å². The predicted molar refractivity (Wildman–Crippen MR) is 78.7 cm³/mol. The van der Waals surface area contributed by atoms with Crippen molar-refractivity contribution in [1.82, 2.24) is 5.32 Å². The molecule has 0 fully saturated rings. The quantitative estimate of drug-likeness (QED) is 0.711. The highest BCUT2D eigenvalue weighted by atomic mass is 79.9. The summed E-state index contributed by atoms with van der Waals surface area (Å²) in [6, 6.07) is 6.60. The third-order valence-electron chi connectivity index (χ3n) is 2.49. The van der Waals surface area contributed by atoms with Crippen molar-refractivity contribution in [1.29, 1.82) is 0 Å². The van der Waals surface area contributed by atoms with E-state index >= 15 is 0 Å². The average Bonchev–Trinajstić information content (AvgIpc) is 2.38. The predicted octanol–water partition coefficient (Wildman–Crippen LogP) is 1.63. The first-order valence-electron chi connectivity index (χ1n) is 6.11. The van der Waals surface area contributed by atoms with E-state index in [1.165, 1.54) is 0 Å². The van der Waals surface area contributed by atoms with E-state index in [1.807, 2.05) is 31.2 Å². The number of rotatable bonds is 7. The number of nitrogens with one attached hydrogen (secondary N) is 2. The minimum absolute atomic E-state index is 0.0331. The second-order valence-electron chi connectivity index (χ2n) is 4.16. The molecule has 1 aromatic carbocycles. The number of amides is 2. The molecule has 1 aromatic rings. The number of carbonyl (C=O) groups is 2. The van der Waals surface area contributed by atoms with Gasteiger partial charge in [-0.3, -0.25) is 9.59 Å². The Hall–Kier alpha value is -1.56. The first kappa shape index (κ1) is 15.5. The lowest BCUT2D eigenvalue weighted by atomic mass is 10.1. The van der Waals surface area contributed by atoms with Crippen LogP contribution in [0.4, 0.5) is 5.69 Å². The van der Waals surface area contributed by atoms with Gasteiger partial charge in [-0.2, -0.15) is 0 Å². The second kappa shape index (κ2) is 7.78. The highest BCUT2D eigenvalue weighted by molar-refractivity contribution is 9.10. The summed E-state index contributed by atoms with van der Waals surface area (Å²) < 4.78 is 0.939. The minimum atomic E-state index is -0.710. The van der Waals surface area contributed by atoms with Crippen molar-refractivity contribution < 1.29 is 9.59 Å². The van der Waals surface area contributed by atoms with Crippen LogP contribution in [-0.2, 0) is 9.59 Å². The van der Waals surface area contributed by atoms with Crippen LogP contribution in [0.5, 0.6) is 0 Å². The number of primary amides is 1. The van der Waals surface area contributed by atoms with Crippen LogP contribution < -0.4 is 16.4 Å². The highest BCUT2D eigenvalue weighted by Gasteiger charge is 2.18. The third kappa shape index (κ3) is 5.74. The first-order chi connectivity index (χ1) is 9.02. The Morgan fingerprint density at radius 3 is 2.47 bits per heavy atom. The van der Waals surface area contributed by atoms with Crippen molar-refractivity contribution in [3.8, 4) is 0 Å². The van der Waals surface area contributed by atoms with Gasteiger partial charge in [-0.15, -0.1) is 0 Å². The van der Waals surface area contributed by atoms with Gasteiger partial charge in [-0.1, -0.05) is 22.9 Å². The van der Waals surface area contributed by atoms with Gasteiger partial charge in [-0.05, 0) is 30.7 Å². The molecule has 0 heterocycles. The van der Waals surface area contributed by atoms with Crippen LogP contribution in [-0.4, -0.2) is 24.4 Å². The highest BCUT2D eigenvalue weighted by Crippen LogP contribution is 2.15. The van der Waals surface area contributed by atoms with Gasteiger partial charge >= 0.3 is 0 Å².